The van der Waals surface area contributed by atoms with Gasteiger partial charge in [0.1, 0.15) is 5.00 Å². The molecular formula is C9H15N3S. The number of hydrogen-bond donors (Lipinski definition) is 1. The molecule has 0 bridgehead atoms. The molecule has 0 saturated carbocycles. The summed E-state index contributed by atoms with van der Waals surface area (Å²) in [5, 5.41) is 1.29. The summed E-state index contributed by atoms with van der Waals surface area (Å²) in [5.74, 6) is 0. The SMILES string of the molecule is NCc1cc(N2CCCCC2)sn1. The summed E-state index contributed by atoms with van der Waals surface area (Å²) in [6.45, 7) is 2.93. The predicted molar refractivity (Wildman–Crippen MR) is 56.1 cm³/mol. The Hall–Kier alpha value is -0.610. The summed E-state index contributed by atoms with van der Waals surface area (Å²) in [7, 11) is 0. The highest BCUT2D eigenvalue weighted by molar-refractivity contribution is 7.10. The van der Waals surface area contributed by atoms with Gasteiger partial charge in [0.25, 0.3) is 0 Å². The molecule has 2 heterocycles. The molecule has 1 fully saturated rings. The lowest BCUT2D eigenvalue weighted by Gasteiger charge is -2.26. The van der Waals surface area contributed by atoms with Crippen LogP contribution in [0.3, 0.4) is 0 Å². The molecule has 1 aromatic rings. The van der Waals surface area contributed by atoms with Crippen molar-refractivity contribution in [2.75, 3.05) is 18.0 Å². The van der Waals surface area contributed by atoms with Gasteiger partial charge in [0.05, 0.1) is 5.69 Å². The van der Waals surface area contributed by atoms with E-state index in [9.17, 15) is 0 Å². The molecule has 0 atom stereocenters. The molecule has 1 aliphatic heterocycles. The Morgan fingerprint density at radius 2 is 2.15 bits per heavy atom. The first kappa shape index (κ1) is 8.97. The summed E-state index contributed by atoms with van der Waals surface area (Å²) in [4.78, 5) is 2.42. The minimum absolute atomic E-state index is 0.560. The lowest BCUT2D eigenvalue weighted by molar-refractivity contribution is 0.580. The molecule has 1 aromatic heterocycles. The van der Waals surface area contributed by atoms with Gasteiger partial charge in [-0.15, -0.1) is 0 Å². The van der Waals surface area contributed by atoms with Crippen molar-refractivity contribution < 1.29 is 0 Å². The highest BCUT2D eigenvalue weighted by Crippen LogP contribution is 2.24. The summed E-state index contributed by atoms with van der Waals surface area (Å²) in [5.41, 5.74) is 6.54. The van der Waals surface area contributed by atoms with E-state index in [0.717, 1.165) is 5.69 Å². The Morgan fingerprint density at radius 1 is 1.38 bits per heavy atom. The van der Waals surface area contributed by atoms with E-state index in [1.165, 1.54) is 37.4 Å². The number of aromatic nitrogens is 1. The molecule has 2 rings (SSSR count). The highest BCUT2D eigenvalue weighted by Gasteiger charge is 2.12. The van der Waals surface area contributed by atoms with Crippen molar-refractivity contribution in [1.82, 2.24) is 4.37 Å². The number of nitrogens with two attached hydrogens (primary N) is 1. The van der Waals surface area contributed by atoms with Gasteiger partial charge in [0.15, 0.2) is 0 Å². The van der Waals surface area contributed by atoms with Crippen molar-refractivity contribution >= 4 is 16.5 Å². The molecule has 3 nitrogen and oxygen atoms in total. The number of hydrogen-bond acceptors (Lipinski definition) is 4. The molecule has 0 radical (unpaired) electrons. The number of rotatable bonds is 2. The van der Waals surface area contributed by atoms with Crippen LogP contribution >= 0.6 is 11.5 Å². The Morgan fingerprint density at radius 3 is 2.77 bits per heavy atom. The summed E-state index contributed by atoms with van der Waals surface area (Å²) in [6, 6.07) is 2.12. The first-order valence-corrected chi connectivity index (χ1v) is 5.58. The molecule has 0 unspecified atom stereocenters. The fourth-order valence-electron chi connectivity index (χ4n) is 1.66. The van der Waals surface area contributed by atoms with E-state index in [-0.39, 0.29) is 0 Å². The molecule has 72 valence electrons. The van der Waals surface area contributed by atoms with Crippen molar-refractivity contribution in [1.29, 1.82) is 0 Å². The number of anilines is 1. The molecular weight excluding hydrogens is 182 g/mol. The van der Waals surface area contributed by atoms with Crippen LogP contribution in [0.2, 0.25) is 0 Å². The predicted octanol–water partition coefficient (Wildman–Crippen LogP) is 1.59. The zero-order valence-corrected chi connectivity index (χ0v) is 8.52. The Bertz CT molecular complexity index is 266. The molecule has 2 N–H and O–H groups in total. The lowest BCUT2D eigenvalue weighted by Crippen LogP contribution is -2.28. The summed E-state index contributed by atoms with van der Waals surface area (Å²) < 4.78 is 4.28. The van der Waals surface area contributed by atoms with Gasteiger partial charge >= 0.3 is 0 Å². The van der Waals surface area contributed by atoms with Gasteiger partial charge in [-0.05, 0) is 36.9 Å². The van der Waals surface area contributed by atoms with Crippen LogP contribution in [0.4, 0.5) is 5.00 Å². The first-order valence-electron chi connectivity index (χ1n) is 4.81. The molecule has 0 amide bonds. The van der Waals surface area contributed by atoms with Crippen LogP contribution in [0, 0.1) is 0 Å². The standard InChI is InChI=1S/C9H15N3S/c10-7-8-6-9(13-11-8)12-4-2-1-3-5-12/h6H,1-5,7,10H2. The van der Waals surface area contributed by atoms with Gasteiger partial charge in [-0.1, -0.05) is 0 Å². The van der Waals surface area contributed by atoms with Crippen LogP contribution in [0.25, 0.3) is 0 Å². The first-order chi connectivity index (χ1) is 6.40. The highest BCUT2D eigenvalue weighted by atomic mass is 32.1. The van der Waals surface area contributed by atoms with Gasteiger partial charge in [0.2, 0.25) is 0 Å². The average molecular weight is 197 g/mol. The number of nitrogens with zero attached hydrogens (tertiary/aromatic N) is 2. The smallest absolute Gasteiger partial charge is 0.112 e. The maximum atomic E-state index is 5.52. The topological polar surface area (TPSA) is 42.1 Å². The van der Waals surface area contributed by atoms with E-state index in [4.69, 9.17) is 5.73 Å². The third kappa shape index (κ3) is 2.00. The summed E-state index contributed by atoms with van der Waals surface area (Å²) in [6.07, 6.45) is 4.00. The van der Waals surface area contributed by atoms with Crippen LogP contribution in [0.5, 0.6) is 0 Å². The van der Waals surface area contributed by atoms with Crippen molar-refractivity contribution in [2.24, 2.45) is 5.73 Å². The molecule has 0 spiro atoms. The quantitative estimate of drug-likeness (QED) is 0.783. The maximum Gasteiger partial charge on any atom is 0.112 e. The fraction of sp³-hybridized carbons (Fsp3) is 0.667. The lowest BCUT2D eigenvalue weighted by atomic mass is 10.1. The van der Waals surface area contributed by atoms with Crippen LogP contribution in [0.15, 0.2) is 6.07 Å². The van der Waals surface area contributed by atoms with Gasteiger partial charge in [-0.3, -0.25) is 0 Å². The molecule has 1 aliphatic rings. The van der Waals surface area contributed by atoms with E-state index in [2.05, 4.69) is 15.3 Å². The molecule has 13 heavy (non-hydrogen) atoms. The van der Waals surface area contributed by atoms with Crippen LogP contribution in [0.1, 0.15) is 25.0 Å². The van der Waals surface area contributed by atoms with Gasteiger partial charge in [-0.25, -0.2) is 0 Å². The van der Waals surface area contributed by atoms with E-state index >= 15 is 0 Å². The van der Waals surface area contributed by atoms with Gasteiger partial charge < -0.3 is 10.6 Å². The zero-order chi connectivity index (χ0) is 9.10. The van der Waals surface area contributed by atoms with Crippen molar-refractivity contribution in [3.05, 3.63) is 11.8 Å². The fourth-order valence-corrected chi connectivity index (χ4v) is 2.48. The van der Waals surface area contributed by atoms with Crippen molar-refractivity contribution in [2.45, 2.75) is 25.8 Å². The van der Waals surface area contributed by atoms with Crippen molar-refractivity contribution in [3.63, 3.8) is 0 Å². The van der Waals surface area contributed by atoms with Crippen molar-refractivity contribution in [3.8, 4) is 0 Å². The second-order valence-corrected chi connectivity index (χ2v) is 4.19. The third-order valence-corrected chi connectivity index (χ3v) is 3.31. The monoisotopic (exact) mass is 197 g/mol. The van der Waals surface area contributed by atoms with E-state index < -0.39 is 0 Å². The minimum Gasteiger partial charge on any atom is -0.362 e. The molecule has 1 saturated heterocycles. The van der Waals surface area contributed by atoms with E-state index in [0.29, 0.717) is 6.54 Å². The number of piperidine rings is 1. The Balaban J connectivity index is 2.05. The normalized spacial score (nSPS) is 17.8. The van der Waals surface area contributed by atoms with E-state index in [1.54, 1.807) is 11.5 Å². The molecule has 4 heteroatoms. The van der Waals surface area contributed by atoms with Gasteiger partial charge in [-0.2, -0.15) is 4.37 Å². The van der Waals surface area contributed by atoms with Crippen LogP contribution in [-0.2, 0) is 6.54 Å². The Labute approximate surface area is 82.7 Å². The molecule has 0 aromatic carbocycles. The Kier molecular flexibility index (Phi) is 2.80. The zero-order valence-electron chi connectivity index (χ0n) is 7.70. The third-order valence-electron chi connectivity index (χ3n) is 2.42. The largest absolute Gasteiger partial charge is 0.362 e. The molecule has 0 aliphatic carbocycles. The van der Waals surface area contributed by atoms with E-state index in [1.807, 2.05) is 0 Å². The summed E-state index contributed by atoms with van der Waals surface area (Å²) >= 11 is 1.58. The average Bonchev–Trinajstić information content (AvgIpc) is 2.67. The second-order valence-electron chi connectivity index (χ2n) is 3.41. The minimum atomic E-state index is 0.560. The van der Waals surface area contributed by atoms with Crippen LogP contribution < -0.4 is 10.6 Å². The van der Waals surface area contributed by atoms with Gasteiger partial charge in [0, 0.05) is 19.6 Å². The maximum absolute atomic E-state index is 5.52. The van der Waals surface area contributed by atoms with Crippen LogP contribution in [-0.4, -0.2) is 17.5 Å². The second kappa shape index (κ2) is 4.07.